The Morgan fingerprint density at radius 3 is 2.40 bits per heavy atom. The van der Waals surface area contributed by atoms with Crippen LogP contribution in [0.1, 0.15) is 58.4 Å². The fraction of sp³-hybridized carbons (Fsp3) is 0.667. The van der Waals surface area contributed by atoms with Gasteiger partial charge in [-0.1, -0.05) is 55.3 Å². The normalized spacial score (nSPS) is 28.1. The van der Waals surface area contributed by atoms with Gasteiger partial charge in [0, 0.05) is 10.9 Å². The summed E-state index contributed by atoms with van der Waals surface area (Å²) in [7, 11) is 0. The fourth-order valence-corrected chi connectivity index (χ4v) is 3.68. The van der Waals surface area contributed by atoms with Gasteiger partial charge in [-0.25, -0.2) is 0 Å². The van der Waals surface area contributed by atoms with Crippen molar-refractivity contribution in [2.75, 3.05) is 0 Å². The summed E-state index contributed by atoms with van der Waals surface area (Å²) in [4.78, 5) is 0. The van der Waals surface area contributed by atoms with E-state index in [-0.39, 0.29) is 0 Å². The van der Waals surface area contributed by atoms with Crippen molar-refractivity contribution in [2.45, 2.75) is 64.9 Å². The van der Waals surface area contributed by atoms with Gasteiger partial charge in [0.05, 0.1) is 5.60 Å². The van der Waals surface area contributed by atoms with E-state index in [0.29, 0.717) is 5.41 Å². The van der Waals surface area contributed by atoms with Gasteiger partial charge < -0.3 is 5.11 Å². The van der Waals surface area contributed by atoms with Crippen LogP contribution >= 0.6 is 15.9 Å². The van der Waals surface area contributed by atoms with Gasteiger partial charge in [0.25, 0.3) is 0 Å². The molecule has 1 aromatic rings. The summed E-state index contributed by atoms with van der Waals surface area (Å²) in [5, 5.41) is 10.9. The number of hydrogen-bond donors (Lipinski definition) is 1. The zero-order valence-corrected chi connectivity index (χ0v) is 14.5. The molecule has 0 aliphatic heterocycles. The largest absolute Gasteiger partial charge is 0.390 e. The summed E-state index contributed by atoms with van der Waals surface area (Å²) >= 11 is 3.46. The van der Waals surface area contributed by atoms with Crippen molar-refractivity contribution in [3.05, 3.63) is 34.3 Å². The summed E-state index contributed by atoms with van der Waals surface area (Å²) in [5.41, 5.74) is 1.10. The van der Waals surface area contributed by atoms with E-state index in [1.807, 2.05) is 0 Å². The zero-order chi connectivity index (χ0) is 14.8. The molecule has 112 valence electrons. The molecule has 0 radical (unpaired) electrons. The van der Waals surface area contributed by atoms with Crippen molar-refractivity contribution in [3.8, 4) is 0 Å². The van der Waals surface area contributed by atoms with Gasteiger partial charge in [0.2, 0.25) is 0 Å². The zero-order valence-electron chi connectivity index (χ0n) is 13.0. The van der Waals surface area contributed by atoms with Crippen LogP contribution in [0.15, 0.2) is 28.7 Å². The molecule has 2 atom stereocenters. The van der Waals surface area contributed by atoms with Crippen LogP contribution in [-0.4, -0.2) is 10.7 Å². The van der Waals surface area contributed by atoms with Gasteiger partial charge in [0.1, 0.15) is 0 Å². The summed E-state index contributed by atoms with van der Waals surface area (Å²) < 4.78 is 1.10. The van der Waals surface area contributed by atoms with Crippen LogP contribution in [0.5, 0.6) is 0 Å². The molecule has 0 saturated heterocycles. The topological polar surface area (TPSA) is 20.2 Å². The van der Waals surface area contributed by atoms with Crippen molar-refractivity contribution in [1.82, 2.24) is 0 Å². The van der Waals surface area contributed by atoms with Crippen molar-refractivity contribution < 1.29 is 5.11 Å². The number of aliphatic hydroxyl groups is 1. The molecule has 0 spiro atoms. The highest BCUT2D eigenvalue weighted by Gasteiger charge is 2.34. The molecule has 1 saturated carbocycles. The minimum absolute atomic E-state index is 0.364. The van der Waals surface area contributed by atoms with Crippen LogP contribution < -0.4 is 0 Å². The molecule has 0 bridgehead atoms. The van der Waals surface area contributed by atoms with E-state index >= 15 is 0 Å². The van der Waals surface area contributed by atoms with Gasteiger partial charge in [-0.2, -0.15) is 0 Å². The third kappa shape index (κ3) is 4.33. The number of halogens is 1. The van der Waals surface area contributed by atoms with E-state index in [0.717, 1.165) is 42.5 Å². The highest BCUT2D eigenvalue weighted by atomic mass is 79.9. The number of hydrogen-bond acceptors (Lipinski definition) is 1. The molecule has 0 heterocycles. The lowest BCUT2D eigenvalue weighted by molar-refractivity contribution is 0.0225. The summed E-state index contributed by atoms with van der Waals surface area (Å²) in [6.45, 7) is 6.99. The molecule has 1 fully saturated rings. The summed E-state index contributed by atoms with van der Waals surface area (Å²) in [5.74, 6) is 0.737. The van der Waals surface area contributed by atoms with Crippen LogP contribution in [0.2, 0.25) is 0 Å². The minimum atomic E-state index is -0.506. The second-order valence-corrected chi connectivity index (χ2v) is 8.44. The predicted molar refractivity (Wildman–Crippen MR) is 88.8 cm³/mol. The van der Waals surface area contributed by atoms with Crippen LogP contribution in [0, 0.1) is 11.3 Å². The Balaban J connectivity index is 2.02. The molecule has 1 N–H and O–H groups in total. The first-order chi connectivity index (χ1) is 9.28. The monoisotopic (exact) mass is 338 g/mol. The van der Waals surface area contributed by atoms with E-state index in [1.165, 1.54) is 12.0 Å². The summed E-state index contributed by atoms with van der Waals surface area (Å²) in [6.07, 6.45) is 6.22. The smallest absolute Gasteiger partial charge is 0.0688 e. The maximum Gasteiger partial charge on any atom is 0.0688 e. The maximum absolute atomic E-state index is 10.9. The lowest BCUT2D eigenvalue weighted by Gasteiger charge is -2.31. The standard InChI is InChI=1S/C18H27BrO/c1-17(2,3)15-5-4-11-18(20,12-10-15)13-14-6-8-16(19)9-7-14/h6-9,15,20H,4-5,10-13H2,1-3H3. The molecule has 1 aliphatic carbocycles. The molecule has 1 nitrogen and oxygen atoms in total. The highest BCUT2D eigenvalue weighted by Crippen LogP contribution is 2.40. The van der Waals surface area contributed by atoms with E-state index < -0.39 is 5.60 Å². The molecule has 1 aliphatic rings. The van der Waals surface area contributed by atoms with Crippen LogP contribution in [-0.2, 0) is 6.42 Å². The Hall–Kier alpha value is -0.340. The molecule has 20 heavy (non-hydrogen) atoms. The average Bonchev–Trinajstić information content (AvgIpc) is 2.54. The van der Waals surface area contributed by atoms with Gasteiger partial charge in [-0.15, -0.1) is 0 Å². The third-order valence-corrected chi connectivity index (χ3v) is 5.35. The fourth-order valence-electron chi connectivity index (χ4n) is 3.41. The average molecular weight is 339 g/mol. The lowest BCUT2D eigenvalue weighted by Crippen LogP contribution is -2.31. The van der Waals surface area contributed by atoms with Crippen molar-refractivity contribution in [1.29, 1.82) is 0 Å². The van der Waals surface area contributed by atoms with Gasteiger partial charge in [-0.3, -0.25) is 0 Å². The Bertz CT molecular complexity index is 432. The molecule has 0 aromatic heterocycles. The molecule has 1 aromatic carbocycles. The Morgan fingerprint density at radius 1 is 1.15 bits per heavy atom. The molecular formula is C18H27BrO. The first-order valence-electron chi connectivity index (χ1n) is 7.75. The number of rotatable bonds is 2. The molecule has 0 amide bonds. The Labute approximate surface area is 131 Å². The second kappa shape index (κ2) is 6.19. The minimum Gasteiger partial charge on any atom is -0.390 e. The summed E-state index contributed by atoms with van der Waals surface area (Å²) in [6, 6.07) is 8.36. The maximum atomic E-state index is 10.9. The van der Waals surface area contributed by atoms with E-state index in [9.17, 15) is 5.11 Å². The Kier molecular flexibility index (Phi) is 4.96. The van der Waals surface area contributed by atoms with Crippen molar-refractivity contribution in [3.63, 3.8) is 0 Å². The van der Waals surface area contributed by atoms with Crippen LogP contribution in [0.4, 0.5) is 0 Å². The SMILES string of the molecule is CC(C)(C)C1CCCC(O)(Cc2ccc(Br)cc2)CC1. The quantitative estimate of drug-likeness (QED) is 0.720. The molecule has 2 rings (SSSR count). The van der Waals surface area contributed by atoms with Gasteiger partial charge in [0.15, 0.2) is 0 Å². The first kappa shape index (κ1) is 16.0. The van der Waals surface area contributed by atoms with Crippen LogP contribution in [0.3, 0.4) is 0 Å². The van der Waals surface area contributed by atoms with Crippen molar-refractivity contribution in [2.24, 2.45) is 11.3 Å². The van der Waals surface area contributed by atoms with Crippen molar-refractivity contribution >= 4 is 15.9 Å². The van der Waals surface area contributed by atoms with Gasteiger partial charge >= 0.3 is 0 Å². The van der Waals surface area contributed by atoms with Crippen LogP contribution in [0.25, 0.3) is 0 Å². The predicted octanol–water partition coefficient (Wildman–Crippen LogP) is 5.35. The second-order valence-electron chi connectivity index (χ2n) is 7.52. The Morgan fingerprint density at radius 2 is 1.80 bits per heavy atom. The molecular weight excluding hydrogens is 312 g/mol. The van der Waals surface area contributed by atoms with E-state index in [4.69, 9.17) is 0 Å². The van der Waals surface area contributed by atoms with Gasteiger partial charge in [-0.05, 0) is 54.7 Å². The van der Waals surface area contributed by atoms with E-state index in [2.05, 4.69) is 61.0 Å². The molecule has 2 heteroatoms. The van der Waals surface area contributed by atoms with E-state index in [1.54, 1.807) is 0 Å². The third-order valence-electron chi connectivity index (χ3n) is 4.82. The number of benzene rings is 1. The highest BCUT2D eigenvalue weighted by molar-refractivity contribution is 9.10. The first-order valence-corrected chi connectivity index (χ1v) is 8.55. The lowest BCUT2D eigenvalue weighted by atomic mass is 9.76. The molecule has 2 unspecified atom stereocenters.